The standard InChI is InChI=1S/C24H25N7O2/c1-15-4-3-5-20(29-15)24(32)30-17-10-18(11-17)31-14-28-21-22(26-13-27-23(21)31)25-12-16-6-8-19(33-2)9-7-16/h3-9,13-14,17-18H,10-12H2,1-2H3,(H,30,32)(H,25,26,27). The minimum absolute atomic E-state index is 0.108. The molecule has 0 atom stereocenters. The van der Waals surface area contributed by atoms with Crippen LogP contribution in [0.4, 0.5) is 5.82 Å². The SMILES string of the molecule is COc1ccc(CNc2ncnc3c2ncn3C2CC(NC(=O)c3cccc(C)n3)C2)cc1. The van der Waals surface area contributed by atoms with E-state index in [1.165, 1.54) is 0 Å². The molecule has 2 N–H and O–H groups in total. The Balaban J connectivity index is 1.22. The van der Waals surface area contributed by atoms with E-state index in [9.17, 15) is 4.79 Å². The number of methoxy groups -OCH3 is 1. The van der Waals surface area contributed by atoms with Gasteiger partial charge in [0.1, 0.15) is 23.3 Å². The lowest BCUT2D eigenvalue weighted by molar-refractivity contribution is 0.0889. The van der Waals surface area contributed by atoms with Crippen molar-refractivity contribution in [3.63, 3.8) is 0 Å². The number of aromatic nitrogens is 5. The number of ether oxygens (including phenoxy) is 1. The van der Waals surface area contributed by atoms with E-state index < -0.39 is 0 Å². The number of amides is 1. The number of hydrogen-bond acceptors (Lipinski definition) is 7. The van der Waals surface area contributed by atoms with Gasteiger partial charge in [0.25, 0.3) is 5.91 Å². The fourth-order valence-electron chi connectivity index (χ4n) is 4.04. The number of fused-ring (bicyclic) bond motifs is 1. The summed E-state index contributed by atoms with van der Waals surface area (Å²) in [4.78, 5) is 30.1. The number of nitrogens with zero attached hydrogens (tertiary/aromatic N) is 5. The number of nitrogens with one attached hydrogen (secondary N) is 2. The molecule has 9 nitrogen and oxygen atoms in total. The number of rotatable bonds is 7. The molecular weight excluding hydrogens is 418 g/mol. The Morgan fingerprint density at radius 1 is 1.12 bits per heavy atom. The molecule has 0 saturated heterocycles. The van der Waals surface area contributed by atoms with Crippen LogP contribution in [0.3, 0.4) is 0 Å². The predicted octanol–water partition coefficient (Wildman–Crippen LogP) is 3.28. The van der Waals surface area contributed by atoms with Crippen LogP contribution in [0.25, 0.3) is 11.2 Å². The molecule has 0 bridgehead atoms. The molecule has 0 radical (unpaired) electrons. The molecule has 0 unspecified atom stereocenters. The van der Waals surface area contributed by atoms with Gasteiger partial charge in [0.2, 0.25) is 0 Å². The zero-order chi connectivity index (χ0) is 22.8. The molecule has 9 heteroatoms. The molecule has 0 spiro atoms. The minimum Gasteiger partial charge on any atom is -0.497 e. The van der Waals surface area contributed by atoms with Crippen LogP contribution < -0.4 is 15.4 Å². The second kappa shape index (κ2) is 8.85. The van der Waals surface area contributed by atoms with Crippen molar-refractivity contribution in [3.05, 3.63) is 72.1 Å². The molecule has 5 rings (SSSR count). The highest BCUT2D eigenvalue weighted by atomic mass is 16.5. The van der Waals surface area contributed by atoms with Crippen molar-refractivity contribution in [2.75, 3.05) is 12.4 Å². The van der Waals surface area contributed by atoms with Gasteiger partial charge in [-0.1, -0.05) is 18.2 Å². The molecule has 1 amide bonds. The summed E-state index contributed by atoms with van der Waals surface area (Å²) in [5, 5.41) is 6.42. The summed E-state index contributed by atoms with van der Waals surface area (Å²) in [6, 6.07) is 13.7. The summed E-state index contributed by atoms with van der Waals surface area (Å²) in [6.45, 7) is 2.50. The van der Waals surface area contributed by atoms with Gasteiger partial charge in [0.05, 0.1) is 13.4 Å². The van der Waals surface area contributed by atoms with Crippen molar-refractivity contribution >= 4 is 22.9 Å². The summed E-state index contributed by atoms with van der Waals surface area (Å²) < 4.78 is 7.28. The maximum atomic E-state index is 12.4. The van der Waals surface area contributed by atoms with E-state index in [0.29, 0.717) is 18.1 Å². The first kappa shape index (κ1) is 20.9. The monoisotopic (exact) mass is 443 g/mol. The second-order valence-corrected chi connectivity index (χ2v) is 8.21. The quantitative estimate of drug-likeness (QED) is 0.451. The lowest BCUT2D eigenvalue weighted by Crippen LogP contribution is -2.45. The number of imidazole rings is 1. The Bertz CT molecular complexity index is 1280. The Kier molecular flexibility index (Phi) is 5.60. The zero-order valence-corrected chi connectivity index (χ0v) is 18.5. The lowest BCUT2D eigenvalue weighted by atomic mass is 9.86. The van der Waals surface area contributed by atoms with Gasteiger partial charge in [-0.05, 0) is 49.6 Å². The van der Waals surface area contributed by atoms with Gasteiger partial charge < -0.3 is 19.9 Å². The Morgan fingerprint density at radius 2 is 1.94 bits per heavy atom. The second-order valence-electron chi connectivity index (χ2n) is 8.21. The number of aryl methyl sites for hydroxylation is 1. The molecule has 1 fully saturated rings. The molecule has 1 aromatic carbocycles. The van der Waals surface area contributed by atoms with E-state index >= 15 is 0 Å². The van der Waals surface area contributed by atoms with Crippen LogP contribution in [-0.2, 0) is 6.54 Å². The van der Waals surface area contributed by atoms with Crippen molar-refractivity contribution in [2.45, 2.75) is 38.4 Å². The number of pyridine rings is 1. The Hall–Kier alpha value is -4.01. The first-order chi connectivity index (χ1) is 16.1. The predicted molar refractivity (Wildman–Crippen MR) is 124 cm³/mol. The summed E-state index contributed by atoms with van der Waals surface area (Å²) in [7, 11) is 1.65. The number of hydrogen-bond donors (Lipinski definition) is 2. The van der Waals surface area contributed by atoms with E-state index in [1.807, 2.05) is 49.6 Å². The van der Waals surface area contributed by atoms with Crippen molar-refractivity contribution in [3.8, 4) is 5.75 Å². The van der Waals surface area contributed by atoms with Crippen LogP contribution >= 0.6 is 0 Å². The molecular formula is C24H25N7O2. The highest BCUT2D eigenvalue weighted by molar-refractivity contribution is 5.92. The first-order valence-electron chi connectivity index (χ1n) is 10.9. The molecule has 3 aromatic heterocycles. The van der Waals surface area contributed by atoms with Crippen LogP contribution in [0.5, 0.6) is 5.75 Å². The first-order valence-corrected chi connectivity index (χ1v) is 10.9. The molecule has 1 saturated carbocycles. The third-order valence-electron chi connectivity index (χ3n) is 5.94. The van der Waals surface area contributed by atoms with Gasteiger partial charge in [0.15, 0.2) is 11.5 Å². The van der Waals surface area contributed by atoms with E-state index in [-0.39, 0.29) is 18.0 Å². The van der Waals surface area contributed by atoms with Crippen LogP contribution in [0.1, 0.15) is 40.6 Å². The maximum absolute atomic E-state index is 12.4. The molecule has 33 heavy (non-hydrogen) atoms. The van der Waals surface area contributed by atoms with E-state index in [2.05, 4.69) is 35.1 Å². The van der Waals surface area contributed by atoms with Gasteiger partial charge >= 0.3 is 0 Å². The lowest BCUT2D eigenvalue weighted by Gasteiger charge is -2.36. The average molecular weight is 444 g/mol. The highest BCUT2D eigenvalue weighted by Gasteiger charge is 2.33. The van der Waals surface area contributed by atoms with Gasteiger partial charge in [-0.15, -0.1) is 0 Å². The van der Waals surface area contributed by atoms with Gasteiger partial charge in [-0.2, -0.15) is 0 Å². The Labute approximate surface area is 191 Å². The maximum Gasteiger partial charge on any atom is 0.270 e. The van der Waals surface area contributed by atoms with Crippen LogP contribution in [0.2, 0.25) is 0 Å². The molecule has 1 aliphatic carbocycles. The fourth-order valence-corrected chi connectivity index (χ4v) is 4.04. The summed E-state index contributed by atoms with van der Waals surface area (Å²) in [5.41, 5.74) is 3.92. The molecule has 3 heterocycles. The van der Waals surface area contributed by atoms with Gasteiger partial charge in [-0.3, -0.25) is 4.79 Å². The number of benzene rings is 1. The third kappa shape index (κ3) is 4.34. The van der Waals surface area contributed by atoms with Gasteiger partial charge in [0, 0.05) is 24.3 Å². The fraction of sp³-hybridized carbons (Fsp3) is 0.292. The van der Waals surface area contributed by atoms with Crippen LogP contribution in [-0.4, -0.2) is 43.6 Å². The summed E-state index contributed by atoms with van der Waals surface area (Å²) in [6.07, 6.45) is 5.00. The number of anilines is 1. The largest absolute Gasteiger partial charge is 0.497 e. The smallest absolute Gasteiger partial charge is 0.270 e. The third-order valence-corrected chi connectivity index (χ3v) is 5.94. The van der Waals surface area contributed by atoms with E-state index in [1.54, 1.807) is 19.5 Å². The molecule has 4 aromatic rings. The average Bonchev–Trinajstić information content (AvgIpc) is 3.24. The molecule has 1 aliphatic rings. The van der Waals surface area contributed by atoms with E-state index in [4.69, 9.17) is 4.74 Å². The van der Waals surface area contributed by atoms with E-state index in [0.717, 1.165) is 41.0 Å². The van der Waals surface area contributed by atoms with Crippen molar-refractivity contribution in [1.29, 1.82) is 0 Å². The topological polar surface area (TPSA) is 107 Å². The van der Waals surface area contributed by atoms with Crippen molar-refractivity contribution in [1.82, 2.24) is 29.8 Å². The van der Waals surface area contributed by atoms with Gasteiger partial charge in [-0.25, -0.2) is 19.9 Å². The molecule has 0 aliphatic heterocycles. The zero-order valence-electron chi connectivity index (χ0n) is 18.5. The van der Waals surface area contributed by atoms with Crippen molar-refractivity contribution in [2.24, 2.45) is 0 Å². The summed E-state index contributed by atoms with van der Waals surface area (Å²) in [5.74, 6) is 1.39. The Morgan fingerprint density at radius 3 is 2.70 bits per heavy atom. The number of carbonyl (C=O) groups is 1. The normalized spacial score (nSPS) is 17.4. The highest BCUT2D eigenvalue weighted by Crippen LogP contribution is 2.35. The van der Waals surface area contributed by atoms with Crippen molar-refractivity contribution < 1.29 is 9.53 Å². The summed E-state index contributed by atoms with van der Waals surface area (Å²) >= 11 is 0. The van der Waals surface area contributed by atoms with Crippen LogP contribution in [0, 0.1) is 6.92 Å². The minimum atomic E-state index is -0.134. The number of carbonyl (C=O) groups excluding carboxylic acids is 1. The molecule has 168 valence electrons. The van der Waals surface area contributed by atoms with Crippen LogP contribution in [0.15, 0.2) is 55.1 Å².